The van der Waals surface area contributed by atoms with E-state index in [1.54, 1.807) is 6.92 Å². The topological polar surface area (TPSA) is 101 Å². The van der Waals surface area contributed by atoms with Crippen molar-refractivity contribution in [2.24, 2.45) is 5.73 Å². The minimum atomic E-state index is -0.373. The summed E-state index contributed by atoms with van der Waals surface area (Å²) in [5, 5.41) is 2.94. The normalized spacial score (nSPS) is 21.4. The molecule has 1 aromatic heterocycles. The lowest BCUT2D eigenvalue weighted by Crippen LogP contribution is -2.42. The highest BCUT2D eigenvalue weighted by molar-refractivity contribution is 5.95. The third-order valence-corrected chi connectivity index (χ3v) is 4.14. The maximum atomic E-state index is 12.4. The number of nitrogens with two attached hydrogens (primary N) is 1. The van der Waals surface area contributed by atoms with Gasteiger partial charge in [-0.1, -0.05) is 20.8 Å². The number of nitrogens with one attached hydrogen (secondary N) is 2. The number of carbonyl (C=O) groups excluding carboxylic acids is 1. The molecular formula is C16H27ClN4O2. The zero-order chi connectivity index (χ0) is 16.5. The van der Waals surface area contributed by atoms with Crippen LogP contribution >= 0.6 is 12.4 Å². The number of aromatic amines is 1. The molecule has 0 saturated heterocycles. The summed E-state index contributed by atoms with van der Waals surface area (Å²) in [7, 11) is 0. The van der Waals surface area contributed by atoms with Crippen molar-refractivity contribution in [2.45, 2.75) is 70.9 Å². The summed E-state index contributed by atoms with van der Waals surface area (Å²) in [6.45, 7) is 7.61. The number of hydrogen-bond acceptors (Lipinski definition) is 4. The van der Waals surface area contributed by atoms with Gasteiger partial charge in [0, 0.05) is 17.5 Å². The Morgan fingerprint density at radius 2 is 1.83 bits per heavy atom. The second-order valence-electron chi connectivity index (χ2n) is 7.21. The predicted molar refractivity (Wildman–Crippen MR) is 93.2 cm³/mol. The summed E-state index contributed by atoms with van der Waals surface area (Å²) < 4.78 is 0. The van der Waals surface area contributed by atoms with E-state index in [1.165, 1.54) is 0 Å². The van der Waals surface area contributed by atoms with Crippen molar-refractivity contribution in [1.29, 1.82) is 0 Å². The molecule has 1 saturated carbocycles. The van der Waals surface area contributed by atoms with Crippen molar-refractivity contribution in [3.63, 3.8) is 0 Å². The van der Waals surface area contributed by atoms with Gasteiger partial charge in [-0.15, -0.1) is 12.4 Å². The van der Waals surface area contributed by atoms with Crippen molar-refractivity contribution in [3.8, 4) is 0 Å². The number of aromatic nitrogens is 2. The number of aryl methyl sites for hydroxylation is 1. The van der Waals surface area contributed by atoms with E-state index in [4.69, 9.17) is 5.73 Å². The number of nitrogens with zero attached hydrogens (tertiary/aromatic N) is 1. The quantitative estimate of drug-likeness (QED) is 0.762. The average Bonchev–Trinajstić information content (AvgIpc) is 2.39. The molecule has 0 spiro atoms. The Morgan fingerprint density at radius 3 is 2.30 bits per heavy atom. The van der Waals surface area contributed by atoms with Crippen LogP contribution in [0.3, 0.4) is 0 Å². The summed E-state index contributed by atoms with van der Waals surface area (Å²) in [6, 6.07) is 0.319. The van der Waals surface area contributed by atoms with Crippen LogP contribution in [0.5, 0.6) is 0 Å². The molecule has 2 rings (SSSR count). The largest absolute Gasteiger partial charge is 0.349 e. The number of halogens is 1. The highest BCUT2D eigenvalue weighted by Crippen LogP contribution is 2.19. The zero-order valence-corrected chi connectivity index (χ0v) is 15.0. The fourth-order valence-corrected chi connectivity index (χ4v) is 2.73. The van der Waals surface area contributed by atoms with Crippen LogP contribution in [0.2, 0.25) is 0 Å². The molecule has 0 unspecified atom stereocenters. The fraction of sp³-hybridized carbons (Fsp3) is 0.688. The summed E-state index contributed by atoms with van der Waals surface area (Å²) in [6.07, 6.45) is 3.53. The molecule has 7 heteroatoms. The van der Waals surface area contributed by atoms with Gasteiger partial charge in [-0.3, -0.25) is 9.59 Å². The lowest BCUT2D eigenvalue weighted by Gasteiger charge is -2.27. The van der Waals surface area contributed by atoms with Crippen molar-refractivity contribution < 1.29 is 4.79 Å². The number of amides is 1. The molecule has 0 radical (unpaired) electrons. The van der Waals surface area contributed by atoms with Crippen LogP contribution in [0.4, 0.5) is 0 Å². The molecule has 1 fully saturated rings. The third kappa shape index (κ3) is 4.78. The van der Waals surface area contributed by atoms with E-state index in [2.05, 4.69) is 15.3 Å². The highest BCUT2D eigenvalue weighted by Gasteiger charge is 2.25. The molecule has 23 heavy (non-hydrogen) atoms. The number of H-pyrrole nitrogens is 1. The van der Waals surface area contributed by atoms with Crippen LogP contribution in [0.15, 0.2) is 4.79 Å². The Morgan fingerprint density at radius 1 is 1.26 bits per heavy atom. The molecular weight excluding hydrogens is 316 g/mol. The molecule has 1 heterocycles. The first-order valence-corrected chi connectivity index (χ1v) is 7.86. The highest BCUT2D eigenvalue weighted by atomic mass is 35.5. The predicted octanol–water partition coefficient (Wildman–Crippen LogP) is 1.80. The zero-order valence-electron chi connectivity index (χ0n) is 14.2. The summed E-state index contributed by atoms with van der Waals surface area (Å²) in [4.78, 5) is 31.8. The molecule has 4 N–H and O–H groups in total. The number of rotatable bonds is 2. The van der Waals surface area contributed by atoms with Gasteiger partial charge in [-0.05, 0) is 32.6 Å². The first-order valence-electron chi connectivity index (χ1n) is 7.86. The molecule has 1 aliphatic rings. The van der Waals surface area contributed by atoms with E-state index in [0.29, 0.717) is 11.5 Å². The molecule has 6 nitrogen and oxygen atoms in total. The van der Waals surface area contributed by atoms with Gasteiger partial charge in [-0.2, -0.15) is 0 Å². The van der Waals surface area contributed by atoms with Gasteiger partial charge in [-0.25, -0.2) is 4.98 Å². The Bertz CT molecular complexity index is 613. The van der Waals surface area contributed by atoms with Crippen molar-refractivity contribution in [3.05, 3.63) is 27.4 Å². The van der Waals surface area contributed by atoms with Gasteiger partial charge in [0.1, 0.15) is 11.4 Å². The van der Waals surface area contributed by atoms with Crippen LogP contribution in [-0.2, 0) is 5.41 Å². The third-order valence-electron chi connectivity index (χ3n) is 4.14. The average molecular weight is 343 g/mol. The molecule has 0 atom stereocenters. The van der Waals surface area contributed by atoms with E-state index in [1.807, 2.05) is 20.8 Å². The van der Waals surface area contributed by atoms with Gasteiger partial charge in [0.2, 0.25) is 0 Å². The Balaban J connectivity index is 0.00000264. The van der Waals surface area contributed by atoms with Crippen LogP contribution < -0.4 is 16.6 Å². The first-order chi connectivity index (χ1) is 10.2. The van der Waals surface area contributed by atoms with E-state index < -0.39 is 0 Å². The summed E-state index contributed by atoms with van der Waals surface area (Å²) in [5.41, 5.74) is 5.81. The summed E-state index contributed by atoms with van der Waals surface area (Å²) >= 11 is 0. The Kier molecular flexibility index (Phi) is 6.36. The maximum absolute atomic E-state index is 12.4. The van der Waals surface area contributed by atoms with E-state index in [0.717, 1.165) is 25.7 Å². The van der Waals surface area contributed by atoms with Crippen LogP contribution in [0.1, 0.15) is 68.3 Å². The second-order valence-corrected chi connectivity index (χ2v) is 7.21. The summed E-state index contributed by atoms with van der Waals surface area (Å²) in [5.74, 6) is 0.252. The van der Waals surface area contributed by atoms with Crippen LogP contribution in [-0.4, -0.2) is 28.0 Å². The molecule has 1 amide bonds. The lowest BCUT2D eigenvalue weighted by molar-refractivity contribution is 0.0923. The molecule has 1 aromatic rings. The van der Waals surface area contributed by atoms with Gasteiger partial charge >= 0.3 is 0 Å². The maximum Gasteiger partial charge on any atom is 0.264 e. The Hall–Kier alpha value is -1.40. The minimum Gasteiger partial charge on any atom is -0.349 e. The molecule has 0 bridgehead atoms. The van der Waals surface area contributed by atoms with Gasteiger partial charge < -0.3 is 16.0 Å². The van der Waals surface area contributed by atoms with Crippen molar-refractivity contribution >= 4 is 18.3 Å². The fourth-order valence-electron chi connectivity index (χ4n) is 2.73. The second kappa shape index (κ2) is 7.45. The Labute approximate surface area is 143 Å². The number of carbonyl (C=O) groups is 1. The van der Waals surface area contributed by atoms with Gasteiger partial charge in [0.25, 0.3) is 11.5 Å². The van der Waals surface area contributed by atoms with E-state index in [-0.39, 0.29) is 46.9 Å². The number of hydrogen-bond donors (Lipinski definition) is 3. The molecule has 1 aliphatic carbocycles. The molecule has 130 valence electrons. The van der Waals surface area contributed by atoms with E-state index in [9.17, 15) is 9.59 Å². The molecule has 0 aromatic carbocycles. The minimum absolute atomic E-state index is 0. The van der Waals surface area contributed by atoms with Gasteiger partial charge in [0.05, 0.1) is 5.69 Å². The lowest BCUT2D eigenvalue weighted by atomic mass is 9.91. The standard InChI is InChI=1S/C16H26N4O2.ClH/c1-9-12(14(22)20-15(18-9)16(2,3)4)13(21)19-11-7-5-10(17)6-8-11;/h10-11H,5-8,17H2,1-4H3,(H,19,21)(H,18,20,22);1H. The van der Waals surface area contributed by atoms with E-state index >= 15 is 0 Å². The monoisotopic (exact) mass is 342 g/mol. The van der Waals surface area contributed by atoms with Crippen molar-refractivity contribution in [1.82, 2.24) is 15.3 Å². The van der Waals surface area contributed by atoms with Crippen LogP contribution in [0.25, 0.3) is 0 Å². The smallest absolute Gasteiger partial charge is 0.264 e. The van der Waals surface area contributed by atoms with Gasteiger partial charge in [0.15, 0.2) is 0 Å². The SMILES string of the molecule is Cc1nc(C(C)(C)C)[nH]c(=O)c1C(=O)NC1CCC(N)CC1.Cl. The van der Waals surface area contributed by atoms with Crippen molar-refractivity contribution in [2.75, 3.05) is 0 Å². The first kappa shape index (κ1) is 19.6. The van der Waals surface area contributed by atoms with Crippen LogP contribution in [0, 0.1) is 6.92 Å². The molecule has 0 aliphatic heterocycles.